The molecule has 0 unspecified atom stereocenters. The van der Waals surface area contributed by atoms with Crippen LogP contribution in [0.2, 0.25) is 0 Å². The SMILES string of the molecule is Cc1ccccc1C1=NC(C)(C)CCO1. The quantitative estimate of drug-likeness (QED) is 0.687. The Morgan fingerprint density at radius 1 is 1.27 bits per heavy atom. The number of ether oxygens (including phenoxy) is 1. The molecule has 0 amide bonds. The van der Waals surface area contributed by atoms with Crippen LogP contribution in [0.5, 0.6) is 0 Å². The van der Waals surface area contributed by atoms with Crippen molar-refractivity contribution in [3.8, 4) is 0 Å². The lowest BCUT2D eigenvalue weighted by Crippen LogP contribution is -2.29. The van der Waals surface area contributed by atoms with Crippen LogP contribution in [0.25, 0.3) is 0 Å². The van der Waals surface area contributed by atoms with Gasteiger partial charge in [0.15, 0.2) is 0 Å². The van der Waals surface area contributed by atoms with Gasteiger partial charge in [0.2, 0.25) is 5.90 Å². The van der Waals surface area contributed by atoms with Crippen molar-refractivity contribution < 1.29 is 4.74 Å². The molecule has 2 nitrogen and oxygen atoms in total. The number of hydrogen-bond acceptors (Lipinski definition) is 2. The van der Waals surface area contributed by atoms with Crippen LogP contribution in [0.15, 0.2) is 29.3 Å². The Labute approximate surface area is 91.0 Å². The molecule has 0 N–H and O–H groups in total. The molecule has 80 valence electrons. The standard InChI is InChI=1S/C13H17NO/c1-10-6-4-5-7-11(10)12-14-13(2,3)8-9-15-12/h4-7H,8-9H2,1-3H3. The second-order valence-electron chi connectivity index (χ2n) is 4.64. The number of aliphatic imine (C=N–C) groups is 1. The molecule has 0 saturated carbocycles. The molecule has 1 heterocycles. The zero-order valence-corrected chi connectivity index (χ0v) is 9.58. The summed E-state index contributed by atoms with van der Waals surface area (Å²) >= 11 is 0. The van der Waals surface area contributed by atoms with E-state index in [1.165, 1.54) is 5.56 Å². The molecule has 0 radical (unpaired) electrons. The van der Waals surface area contributed by atoms with Crippen molar-refractivity contribution >= 4 is 5.90 Å². The lowest BCUT2D eigenvalue weighted by atomic mass is 10.00. The van der Waals surface area contributed by atoms with Crippen molar-refractivity contribution in [2.24, 2.45) is 4.99 Å². The van der Waals surface area contributed by atoms with Gasteiger partial charge in [-0.2, -0.15) is 0 Å². The summed E-state index contributed by atoms with van der Waals surface area (Å²) < 4.78 is 5.63. The topological polar surface area (TPSA) is 21.6 Å². The van der Waals surface area contributed by atoms with E-state index < -0.39 is 0 Å². The van der Waals surface area contributed by atoms with Gasteiger partial charge in [-0.05, 0) is 32.4 Å². The molecule has 1 aliphatic heterocycles. The van der Waals surface area contributed by atoms with Gasteiger partial charge in [0.25, 0.3) is 0 Å². The first-order valence-electron chi connectivity index (χ1n) is 5.37. The maximum absolute atomic E-state index is 5.63. The molecule has 1 aromatic rings. The highest BCUT2D eigenvalue weighted by Crippen LogP contribution is 2.22. The highest BCUT2D eigenvalue weighted by Gasteiger charge is 2.24. The Morgan fingerprint density at radius 2 is 2.00 bits per heavy atom. The van der Waals surface area contributed by atoms with E-state index in [0.717, 1.165) is 24.5 Å². The third-order valence-electron chi connectivity index (χ3n) is 2.73. The number of aryl methyl sites for hydroxylation is 1. The van der Waals surface area contributed by atoms with Crippen molar-refractivity contribution in [2.45, 2.75) is 32.7 Å². The largest absolute Gasteiger partial charge is 0.477 e. The van der Waals surface area contributed by atoms with E-state index in [1.807, 2.05) is 12.1 Å². The third-order valence-corrected chi connectivity index (χ3v) is 2.73. The van der Waals surface area contributed by atoms with E-state index in [2.05, 4.69) is 37.9 Å². The average molecular weight is 203 g/mol. The van der Waals surface area contributed by atoms with Crippen LogP contribution in [-0.4, -0.2) is 18.0 Å². The molecule has 1 aromatic carbocycles. The maximum atomic E-state index is 5.63. The highest BCUT2D eigenvalue weighted by molar-refractivity contribution is 5.96. The molecule has 0 fully saturated rings. The summed E-state index contributed by atoms with van der Waals surface area (Å²) in [5.74, 6) is 0.796. The van der Waals surface area contributed by atoms with Crippen LogP contribution in [0.1, 0.15) is 31.4 Å². The molecule has 0 aliphatic carbocycles. The van der Waals surface area contributed by atoms with Gasteiger partial charge >= 0.3 is 0 Å². The second-order valence-corrected chi connectivity index (χ2v) is 4.64. The van der Waals surface area contributed by atoms with Gasteiger partial charge in [0.05, 0.1) is 12.1 Å². The minimum absolute atomic E-state index is 0.00979. The molecule has 15 heavy (non-hydrogen) atoms. The first kappa shape index (κ1) is 10.2. The molecule has 0 aromatic heterocycles. The van der Waals surface area contributed by atoms with E-state index in [-0.39, 0.29) is 5.54 Å². The van der Waals surface area contributed by atoms with E-state index in [9.17, 15) is 0 Å². The fourth-order valence-corrected chi connectivity index (χ4v) is 1.71. The summed E-state index contributed by atoms with van der Waals surface area (Å²) in [7, 11) is 0. The number of rotatable bonds is 1. The lowest BCUT2D eigenvalue weighted by molar-refractivity contribution is 0.231. The molecule has 2 rings (SSSR count). The van der Waals surface area contributed by atoms with Gasteiger partial charge in [-0.1, -0.05) is 18.2 Å². The van der Waals surface area contributed by atoms with Gasteiger partial charge in [-0.25, -0.2) is 4.99 Å². The molecular weight excluding hydrogens is 186 g/mol. The second kappa shape index (κ2) is 3.69. The Hall–Kier alpha value is -1.31. The predicted molar refractivity (Wildman–Crippen MR) is 62.4 cm³/mol. The molecule has 0 spiro atoms. The molecular formula is C13H17NO. The summed E-state index contributed by atoms with van der Waals surface area (Å²) in [6.45, 7) is 7.14. The van der Waals surface area contributed by atoms with Crippen molar-refractivity contribution in [2.75, 3.05) is 6.61 Å². The minimum Gasteiger partial charge on any atom is -0.477 e. The fraction of sp³-hybridized carbons (Fsp3) is 0.462. The van der Waals surface area contributed by atoms with Crippen LogP contribution in [0.4, 0.5) is 0 Å². The summed E-state index contributed by atoms with van der Waals surface area (Å²) in [6.07, 6.45) is 0.988. The summed E-state index contributed by atoms with van der Waals surface area (Å²) in [5, 5.41) is 0. The molecule has 0 bridgehead atoms. The minimum atomic E-state index is 0.00979. The molecule has 0 atom stereocenters. The smallest absolute Gasteiger partial charge is 0.216 e. The van der Waals surface area contributed by atoms with Crippen molar-refractivity contribution in [3.63, 3.8) is 0 Å². The molecule has 0 saturated heterocycles. The summed E-state index contributed by atoms with van der Waals surface area (Å²) in [6, 6.07) is 8.21. The van der Waals surface area contributed by atoms with Crippen LogP contribution in [0.3, 0.4) is 0 Å². The van der Waals surface area contributed by atoms with Gasteiger partial charge in [0, 0.05) is 12.0 Å². The van der Waals surface area contributed by atoms with E-state index in [1.54, 1.807) is 0 Å². The Morgan fingerprint density at radius 3 is 2.67 bits per heavy atom. The zero-order chi connectivity index (χ0) is 10.9. The first-order valence-corrected chi connectivity index (χ1v) is 5.37. The van der Waals surface area contributed by atoms with Crippen LogP contribution >= 0.6 is 0 Å². The van der Waals surface area contributed by atoms with Gasteiger partial charge in [-0.15, -0.1) is 0 Å². The number of benzene rings is 1. The Bertz CT molecular complexity index is 393. The normalized spacial score (nSPS) is 19.3. The zero-order valence-electron chi connectivity index (χ0n) is 9.58. The van der Waals surface area contributed by atoms with E-state index in [4.69, 9.17) is 4.74 Å². The van der Waals surface area contributed by atoms with Crippen LogP contribution < -0.4 is 0 Å². The fourth-order valence-electron chi connectivity index (χ4n) is 1.71. The van der Waals surface area contributed by atoms with Crippen LogP contribution in [-0.2, 0) is 4.74 Å². The first-order chi connectivity index (χ1) is 7.08. The van der Waals surface area contributed by atoms with Crippen molar-refractivity contribution in [3.05, 3.63) is 35.4 Å². The Kier molecular flexibility index (Phi) is 2.51. The molecule has 1 aliphatic rings. The number of hydrogen-bond donors (Lipinski definition) is 0. The van der Waals surface area contributed by atoms with Crippen molar-refractivity contribution in [1.29, 1.82) is 0 Å². The van der Waals surface area contributed by atoms with Crippen LogP contribution in [0, 0.1) is 6.92 Å². The highest BCUT2D eigenvalue weighted by atomic mass is 16.5. The summed E-state index contributed by atoms with van der Waals surface area (Å²) in [5.41, 5.74) is 2.34. The molecule has 2 heteroatoms. The van der Waals surface area contributed by atoms with Gasteiger partial charge in [0.1, 0.15) is 0 Å². The Balaban J connectivity index is 2.40. The monoisotopic (exact) mass is 203 g/mol. The maximum Gasteiger partial charge on any atom is 0.216 e. The lowest BCUT2D eigenvalue weighted by Gasteiger charge is -2.27. The third kappa shape index (κ3) is 2.20. The van der Waals surface area contributed by atoms with E-state index >= 15 is 0 Å². The van der Waals surface area contributed by atoms with Gasteiger partial charge in [-0.3, -0.25) is 0 Å². The van der Waals surface area contributed by atoms with E-state index in [0.29, 0.717) is 0 Å². The van der Waals surface area contributed by atoms with Gasteiger partial charge < -0.3 is 4.74 Å². The predicted octanol–water partition coefficient (Wildman–Crippen LogP) is 2.94. The number of nitrogens with zero attached hydrogens (tertiary/aromatic N) is 1. The average Bonchev–Trinajstić information content (AvgIpc) is 2.17. The summed E-state index contributed by atoms with van der Waals surface area (Å²) in [4.78, 5) is 4.64. The van der Waals surface area contributed by atoms with Crippen molar-refractivity contribution in [1.82, 2.24) is 0 Å².